The van der Waals surface area contributed by atoms with E-state index in [-0.39, 0.29) is 6.54 Å². The molecule has 0 aliphatic carbocycles. The van der Waals surface area contributed by atoms with E-state index in [0.29, 0.717) is 10.0 Å². The molecule has 0 spiro atoms. The minimum Gasteiger partial charge on any atom is -0.364 e. The molecule has 1 aromatic rings. The van der Waals surface area contributed by atoms with Crippen molar-refractivity contribution in [1.82, 2.24) is 5.32 Å². The van der Waals surface area contributed by atoms with Crippen molar-refractivity contribution in [3.05, 3.63) is 33.8 Å². The lowest BCUT2D eigenvalue weighted by atomic mass is 10.1. The molecule has 1 rings (SSSR count). The normalized spacial score (nSPS) is 11.4. The summed E-state index contributed by atoms with van der Waals surface area (Å²) in [5, 5.41) is 37.4. The van der Waals surface area contributed by atoms with Gasteiger partial charge in [0.25, 0.3) is 0 Å². The molecule has 0 aromatic heterocycles. The van der Waals surface area contributed by atoms with Gasteiger partial charge in [-0.25, -0.2) is 0 Å². The molecule has 0 saturated carbocycles. The second-order valence-corrected chi connectivity index (χ2v) is 3.83. The first-order valence-electron chi connectivity index (χ1n) is 4.24. The third-order valence-corrected chi connectivity index (χ3v) is 2.59. The van der Waals surface area contributed by atoms with Crippen molar-refractivity contribution in [3.63, 3.8) is 0 Å². The molecule has 0 aliphatic heterocycles. The second-order valence-electron chi connectivity index (χ2n) is 2.98. The average molecular weight is 278 g/mol. The summed E-state index contributed by atoms with van der Waals surface area (Å²) in [5.74, 6) is 0. The van der Waals surface area contributed by atoms with Crippen LogP contribution in [-0.4, -0.2) is 26.8 Å². The SMILES string of the molecule is OC(O)NCc1ccc(C(O)O)cc1Br. The van der Waals surface area contributed by atoms with Crippen molar-refractivity contribution in [2.75, 3.05) is 0 Å². The Morgan fingerprint density at radius 2 is 1.87 bits per heavy atom. The number of halogens is 1. The van der Waals surface area contributed by atoms with Gasteiger partial charge in [0.1, 0.15) is 0 Å². The van der Waals surface area contributed by atoms with Crippen LogP contribution in [0.4, 0.5) is 0 Å². The molecule has 0 atom stereocenters. The highest BCUT2D eigenvalue weighted by molar-refractivity contribution is 9.10. The lowest BCUT2D eigenvalue weighted by Crippen LogP contribution is -2.27. The van der Waals surface area contributed by atoms with E-state index in [9.17, 15) is 0 Å². The minimum absolute atomic E-state index is 0.264. The zero-order chi connectivity index (χ0) is 11.4. The Kier molecular flexibility index (Phi) is 4.65. The molecule has 6 heteroatoms. The number of nitrogens with one attached hydrogen (secondary N) is 1. The van der Waals surface area contributed by atoms with E-state index < -0.39 is 12.7 Å². The van der Waals surface area contributed by atoms with Gasteiger partial charge in [0, 0.05) is 16.6 Å². The fourth-order valence-corrected chi connectivity index (χ4v) is 1.61. The molecule has 0 amide bonds. The van der Waals surface area contributed by atoms with E-state index in [1.54, 1.807) is 18.2 Å². The molecule has 5 nitrogen and oxygen atoms in total. The Hall–Kier alpha value is -0.500. The maximum Gasteiger partial charge on any atom is 0.211 e. The fraction of sp³-hybridized carbons (Fsp3) is 0.333. The molecule has 84 valence electrons. The van der Waals surface area contributed by atoms with Gasteiger partial charge in [0.05, 0.1) is 0 Å². The molecule has 0 fully saturated rings. The van der Waals surface area contributed by atoms with Gasteiger partial charge in [0.15, 0.2) is 6.29 Å². The van der Waals surface area contributed by atoms with Gasteiger partial charge in [0.2, 0.25) is 6.41 Å². The molecule has 0 heterocycles. The minimum atomic E-state index is -1.57. The van der Waals surface area contributed by atoms with Gasteiger partial charge >= 0.3 is 0 Å². The third-order valence-electron chi connectivity index (χ3n) is 1.85. The Morgan fingerprint density at radius 3 is 2.33 bits per heavy atom. The third kappa shape index (κ3) is 3.86. The van der Waals surface area contributed by atoms with Crippen LogP contribution in [0.2, 0.25) is 0 Å². The topological polar surface area (TPSA) is 93.0 Å². The molecule has 0 aliphatic rings. The molecule has 0 bridgehead atoms. The fourth-order valence-electron chi connectivity index (χ4n) is 1.07. The summed E-state index contributed by atoms with van der Waals surface area (Å²) in [6, 6.07) is 4.77. The lowest BCUT2D eigenvalue weighted by molar-refractivity contribution is -0.0672. The zero-order valence-electron chi connectivity index (χ0n) is 7.76. The summed E-state index contributed by atoms with van der Waals surface area (Å²) in [6.07, 6.45) is -3.08. The first kappa shape index (κ1) is 12.6. The predicted octanol–water partition coefficient (Wildman–Crippen LogP) is -0.210. The van der Waals surface area contributed by atoms with Crippen molar-refractivity contribution in [3.8, 4) is 0 Å². The summed E-state index contributed by atoms with van der Waals surface area (Å²) < 4.78 is 0.668. The van der Waals surface area contributed by atoms with E-state index in [4.69, 9.17) is 20.4 Å². The quantitative estimate of drug-likeness (QED) is 0.491. The largest absolute Gasteiger partial charge is 0.364 e. The first-order valence-corrected chi connectivity index (χ1v) is 5.04. The summed E-state index contributed by atoms with van der Waals surface area (Å²) in [5.41, 5.74) is 1.16. The number of hydrogen-bond donors (Lipinski definition) is 5. The standard InChI is InChI=1S/C9H12BrNO4/c10-7-3-5(8(12)13)1-2-6(7)4-11-9(14)15/h1-3,8-9,11-15H,4H2. The maximum atomic E-state index is 8.90. The molecule has 0 saturated heterocycles. The summed E-state index contributed by atoms with van der Waals surface area (Å²) in [6.45, 7) is 0.264. The lowest BCUT2D eigenvalue weighted by Gasteiger charge is -2.10. The molecular weight excluding hydrogens is 266 g/mol. The highest BCUT2D eigenvalue weighted by Gasteiger charge is 2.07. The van der Waals surface area contributed by atoms with E-state index in [2.05, 4.69) is 21.2 Å². The van der Waals surface area contributed by atoms with E-state index in [1.807, 2.05) is 0 Å². The van der Waals surface area contributed by atoms with Crippen LogP contribution in [0.3, 0.4) is 0 Å². The second kappa shape index (κ2) is 5.55. The van der Waals surface area contributed by atoms with E-state index in [0.717, 1.165) is 5.56 Å². The maximum absolute atomic E-state index is 8.90. The molecule has 0 radical (unpaired) electrons. The molecule has 0 unspecified atom stereocenters. The molecule has 5 N–H and O–H groups in total. The van der Waals surface area contributed by atoms with E-state index >= 15 is 0 Å². The van der Waals surface area contributed by atoms with Crippen LogP contribution < -0.4 is 5.32 Å². The smallest absolute Gasteiger partial charge is 0.211 e. The monoisotopic (exact) mass is 277 g/mol. The number of hydrogen-bond acceptors (Lipinski definition) is 5. The zero-order valence-corrected chi connectivity index (χ0v) is 9.35. The van der Waals surface area contributed by atoms with Gasteiger partial charge in [-0.15, -0.1) is 0 Å². The molecular formula is C9H12BrNO4. The average Bonchev–Trinajstić information content (AvgIpc) is 2.15. The summed E-state index contributed by atoms with van der Waals surface area (Å²) in [7, 11) is 0. The van der Waals surface area contributed by atoms with Crippen molar-refractivity contribution in [2.24, 2.45) is 0 Å². The van der Waals surface area contributed by atoms with Gasteiger partial charge in [-0.1, -0.05) is 28.1 Å². The Balaban J connectivity index is 2.75. The van der Waals surface area contributed by atoms with Crippen LogP contribution >= 0.6 is 15.9 Å². The van der Waals surface area contributed by atoms with Crippen molar-refractivity contribution in [1.29, 1.82) is 0 Å². The highest BCUT2D eigenvalue weighted by Crippen LogP contribution is 2.21. The van der Waals surface area contributed by atoms with Crippen LogP contribution in [0.5, 0.6) is 0 Å². The summed E-state index contributed by atoms with van der Waals surface area (Å²) >= 11 is 3.24. The van der Waals surface area contributed by atoms with Gasteiger partial charge in [-0.2, -0.15) is 0 Å². The van der Waals surface area contributed by atoms with Crippen molar-refractivity contribution >= 4 is 15.9 Å². The number of rotatable bonds is 4. The van der Waals surface area contributed by atoms with Crippen molar-refractivity contribution < 1.29 is 20.4 Å². The Labute approximate surface area is 95.1 Å². The highest BCUT2D eigenvalue weighted by atomic mass is 79.9. The first-order chi connectivity index (χ1) is 7.00. The van der Waals surface area contributed by atoms with Crippen LogP contribution in [0.15, 0.2) is 22.7 Å². The summed E-state index contributed by atoms with van der Waals surface area (Å²) in [4.78, 5) is 0. The van der Waals surface area contributed by atoms with Crippen LogP contribution in [0.25, 0.3) is 0 Å². The van der Waals surface area contributed by atoms with Crippen molar-refractivity contribution in [2.45, 2.75) is 19.2 Å². The predicted molar refractivity (Wildman–Crippen MR) is 56.4 cm³/mol. The van der Waals surface area contributed by atoms with Gasteiger partial charge in [-0.05, 0) is 11.6 Å². The molecule has 1 aromatic carbocycles. The number of aliphatic hydroxyl groups excluding tert-OH is 2. The van der Waals surface area contributed by atoms with Gasteiger partial charge < -0.3 is 20.4 Å². The van der Waals surface area contributed by atoms with Crippen LogP contribution in [-0.2, 0) is 6.54 Å². The number of aliphatic hydroxyl groups is 4. The Bertz CT molecular complexity index is 330. The molecule has 15 heavy (non-hydrogen) atoms. The van der Waals surface area contributed by atoms with Gasteiger partial charge in [-0.3, -0.25) is 5.32 Å². The van der Waals surface area contributed by atoms with E-state index in [1.165, 1.54) is 0 Å². The van der Waals surface area contributed by atoms with Crippen LogP contribution in [0.1, 0.15) is 17.4 Å². The van der Waals surface area contributed by atoms with Crippen LogP contribution in [0, 0.1) is 0 Å². The Morgan fingerprint density at radius 1 is 1.20 bits per heavy atom. The number of benzene rings is 1.